The summed E-state index contributed by atoms with van der Waals surface area (Å²) in [5, 5.41) is 0. The van der Waals surface area contributed by atoms with Crippen LogP contribution < -0.4 is 0 Å². The fourth-order valence-electron chi connectivity index (χ4n) is 2.40. The van der Waals surface area contributed by atoms with E-state index in [9.17, 15) is 14.4 Å². The summed E-state index contributed by atoms with van der Waals surface area (Å²) in [5.41, 5.74) is 0. The zero-order valence-electron chi connectivity index (χ0n) is 21.6. The number of rotatable bonds is 0. The summed E-state index contributed by atoms with van der Waals surface area (Å²) >= 11 is 0. The molecule has 0 aromatic carbocycles. The molecule has 3 aliphatic rings. The lowest BCUT2D eigenvalue weighted by Crippen LogP contribution is -2.32. The summed E-state index contributed by atoms with van der Waals surface area (Å²) in [6.45, 7) is 17.1. The first-order valence-corrected chi connectivity index (χ1v) is 11.4. The van der Waals surface area contributed by atoms with Gasteiger partial charge in [0.15, 0.2) is 0 Å². The molecule has 212 valence electrons. The van der Waals surface area contributed by atoms with E-state index in [1.165, 1.54) is 119 Å². The van der Waals surface area contributed by atoms with Gasteiger partial charge < -0.3 is 29.1 Å². The molecule has 0 atom stereocenters. The number of nitrogens with zero attached hydrogens (tertiary/aromatic N) is 3. The van der Waals surface area contributed by atoms with Crippen molar-refractivity contribution in [3.63, 3.8) is 0 Å². The van der Waals surface area contributed by atoms with Crippen molar-refractivity contribution in [2.75, 3.05) is 60.4 Å². The van der Waals surface area contributed by atoms with E-state index in [0.29, 0.717) is 0 Å². The van der Waals surface area contributed by atoms with Crippen molar-refractivity contribution in [1.29, 1.82) is 0 Å². The summed E-state index contributed by atoms with van der Waals surface area (Å²) in [5.74, 6) is 0.500. The van der Waals surface area contributed by atoms with Gasteiger partial charge in [-0.25, -0.2) is 0 Å². The van der Waals surface area contributed by atoms with Crippen LogP contribution in [0.25, 0.3) is 0 Å². The van der Waals surface area contributed by atoms with Gasteiger partial charge in [0.1, 0.15) is 17.3 Å². The molecule has 6 nitrogen and oxygen atoms in total. The molecule has 0 unspecified atom stereocenters. The molecule has 0 saturated carbocycles. The molecule has 0 aliphatic carbocycles. The highest BCUT2D eigenvalue weighted by molar-refractivity contribution is 5.72. The second kappa shape index (κ2) is 36.5. The molecule has 3 heterocycles. The number of likely N-dealkylation sites (tertiary alicyclic amines) is 3. The Bertz CT molecular complexity index is 373. The monoisotopic (exact) mass is 494 g/mol. The average molecular weight is 494 g/mol. The van der Waals surface area contributed by atoms with Gasteiger partial charge in [-0.1, -0.05) is 36.1 Å². The minimum absolute atomic E-state index is 0. The predicted molar refractivity (Wildman–Crippen MR) is 156 cm³/mol. The molecular formula is C28H67N3O3. The Morgan fingerprint density at radius 1 is 0.382 bits per heavy atom. The third-order valence-corrected chi connectivity index (χ3v) is 3.99. The fraction of sp³-hybridized carbons (Fsp3) is 0.893. The van der Waals surface area contributed by atoms with Crippen LogP contribution in [0, 0.1) is 0 Å². The Morgan fingerprint density at radius 2 is 0.529 bits per heavy atom. The van der Waals surface area contributed by atoms with Crippen LogP contribution in [0.5, 0.6) is 0 Å². The van der Waals surface area contributed by atoms with E-state index in [-0.39, 0.29) is 47.1 Å². The van der Waals surface area contributed by atoms with Crippen LogP contribution >= 0.6 is 0 Å². The maximum atomic E-state index is 9.44. The van der Waals surface area contributed by atoms with Crippen LogP contribution in [0.1, 0.15) is 110 Å². The summed E-state index contributed by atoms with van der Waals surface area (Å²) in [4.78, 5) is 35.4. The van der Waals surface area contributed by atoms with Crippen LogP contribution in [0.4, 0.5) is 0 Å². The van der Waals surface area contributed by atoms with E-state index in [4.69, 9.17) is 0 Å². The SMILES string of the molecule is C.C.C.C.CC(C)=O.CC(C)=O.CC(C)=O.CN1CCC1.CN1CCCC1.CN1CCCCC1. The Balaban J connectivity index is -0.0000000511. The van der Waals surface area contributed by atoms with Gasteiger partial charge in [0, 0.05) is 0 Å². The molecule has 6 heteroatoms. The maximum Gasteiger partial charge on any atom is 0.126 e. The van der Waals surface area contributed by atoms with Gasteiger partial charge >= 0.3 is 0 Å². The lowest BCUT2D eigenvalue weighted by molar-refractivity contribution is -0.115. The lowest BCUT2D eigenvalue weighted by Gasteiger charge is -2.24. The number of Topliss-reactive ketones (excluding diaryl/α,β-unsaturated/α-hetero) is 3. The van der Waals surface area contributed by atoms with E-state index in [2.05, 4.69) is 35.8 Å². The average Bonchev–Trinajstić information content (AvgIpc) is 3.04. The molecule has 3 saturated heterocycles. The number of carbonyl (C=O) groups excluding carboxylic acids is 3. The van der Waals surface area contributed by atoms with Gasteiger partial charge in [-0.3, -0.25) is 0 Å². The molecule has 0 spiro atoms. The maximum absolute atomic E-state index is 9.44. The summed E-state index contributed by atoms with van der Waals surface area (Å²) in [7, 11) is 6.51. The highest BCUT2D eigenvalue weighted by atomic mass is 16.1. The Morgan fingerprint density at radius 3 is 0.588 bits per heavy atom. The normalized spacial score (nSPS) is 15.8. The van der Waals surface area contributed by atoms with Crippen molar-refractivity contribution < 1.29 is 14.4 Å². The van der Waals surface area contributed by atoms with Gasteiger partial charge in [-0.05, 0) is 134 Å². The fourth-order valence-corrected chi connectivity index (χ4v) is 2.40. The number of hydrogen-bond donors (Lipinski definition) is 0. The van der Waals surface area contributed by atoms with Gasteiger partial charge in [-0.2, -0.15) is 0 Å². The number of carbonyl (C=O) groups is 3. The summed E-state index contributed by atoms with van der Waals surface area (Å²) < 4.78 is 0. The van der Waals surface area contributed by atoms with Crippen LogP contribution in [0.3, 0.4) is 0 Å². The van der Waals surface area contributed by atoms with Crippen molar-refractivity contribution in [2.24, 2.45) is 0 Å². The molecule has 3 fully saturated rings. The van der Waals surface area contributed by atoms with Crippen molar-refractivity contribution in [3.8, 4) is 0 Å². The molecule has 3 rings (SSSR count). The Labute approximate surface area is 216 Å². The Kier molecular flexibility index (Phi) is 53.5. The van der Waals surface area contributed by atoms with Gasteiger partial charge in [0.2, 0.25) is 0 Å². The Hall–Kier alpha value is -1.11. The number of ketones is 3. The second-order valence-electron chi connectivity index (χ2n) is 8.76. The minimum Gasteiger partial charge on any atom is -0.306 e. The van der Waals surface area contributed by atoms with E-state index >= 15 is 0 Å². The van der Waals surface area contributed by atoms with Crippen LogP contribution in [-0.4, -0.2) is 92.5 Å². The van der Waals surface area contributed by atoms with Gasteiger partial charge in [0.05, 0.1) is 0 Å². The smallest absolute Gasteiger partial charge is 0.126 e. The minimum atomic E-state index is 0. The zero-order chi connectivity index (χ0) is 23.9. The van der Waals surface area contributed by atoms with Crippen molar-refractivity contribution in [1.82, 2.24) is 14.7 Å². The molecule has 0 radical (unpaired) electrons. The topological polar surface area (TPSA) is 60.9 Å². The molecule has 3 aliphatic heterocycles. The van der Waals surface area contributed by atoms with E-state index < -0.39 is 0 Å². The quantitative estimate of drug-likeness (QED) is 0.385. The second-order valence-corrected chi connectivity index (χ2v) is 8.76. The zero-order valence-corrected chi connectivity index (χ0v) is 21.6. The van der Waals surface area contributed by atoms with Crippen LogP contribution in [0.2, 0.25) is 0 Å². The molecule has 0 N–H and O–H groups in total. The van der Waals surface area contributed by atoms with E-state index in [0.717, 1.165) is 0 Å². The van der Waals surface area contributed by atoms with Crippen molar-refractivity contribution >= 4 is 17.3 Å². The summed E-state index contributed by atoms with van der Waals surface area (Å²) in [6.07, 6.45) is 8.51. The molecule has 0 bridgehead atoms. The summed E-state index contributed by atoms with van der Waals surface area (Å²) in [6, 6.07) is 0. The van der Waals surface area contributed by atoms with E-state index in [1.54, 1.807) is 0 Å². The molecular weight excluding hydrogens is 426 g/mol. The predicted octanol–water partition coefficient (Wildman–Crippen LogP) is 6.47. The third-order valence-electron chi connectivity index (χ3n) is 3.99. The standard InChI is InChI=1S/C6H13N.C5H11N.C4H9N.3C3H6O.4CH4/c1-7-5-3-2-4-6-7;1-6-4-2-3-5-6;1-5-3-2-4-5;3*1-3(2)4;;;;/h2-6H2,1H3;2-5H2,1H3;2-4H2,1H3;3*1-2H3;4*1H4. The number of piperidine rings is 1. The third kappa shape index (κ3) is 69.8. The number of hydrogen-bond acceptors (Lipinski definition) is 6. The van der Waals surface area contributed by atoms with Crippen molar-refractivity contribution in [3.05, 3.63) is 0 Å². The lowest BCUT2D eigenvalue weighted by atomic mass is 10.1. The molecule has 0 aromatic heterocycles. The molecule has 0 aromatic rings. The molecule has 34 heavy (non-hydrogen) atoms. The van der Waals surface area contributed by atoms with E-state index in [1.807, 2.05) is 0 Å². The first-order valence-electron chi connectivity index (χ1n) is 11.4. The highest BCUT2D eigenvalue weighted by Crippen LogP contribution is 2.04. The van der Waals surface area contributed by atoms with Gasteiger partial charge in [-0.15, -0.1) is 0 Å². The highest BCUT2D eigenvalue weighted by Gasteiger charge is 2.05. The largest absolute Gasteiger partial charge is 0.306 e. The van der Waals surface area contributed by atoms with Crippen LogP contribution in [-0.2, 0) is 14.4 Å². The first-order chi connectivity index (χ1) is 13.9. The van der Waals surface area contributed by atoms with Crippen molar-refractivity contribution in [2.45, 2.75) is 110 Å². The van der Waals surface area contributed by atoms with Crippen LogP contribution in [0.15, 0.2) is 0 Å². The molecule has 0 amide bonds. The van der Waals surface area contributed by atoms with Gasteiger partial charge in [0.25, 0.3) is 0 Å². The first kappa shape index (κ1) is 49.9.